The number of nitrogens with one attached hydrogen (secondary N) is 1. The van der Waals surface area contributed by atoms with Gasteiger partial charge in [-0.25, -0.2) is 9.97 Å². The maximum absolute atomic E-state index is 13.3. The van der Waals surface area contributed by atoms with Crippen LogP contribution in [-0.2, 0) is 11.2 Å². The Hall–Kier alpha value is -3.19. The molecule has 0 spiro atoms. The molecule has 0 radical (unpaired) electrons. The molecule has 0 aliphatic carbocycles. The van der Waals surface area contributed by atoms with Crippen LogP contribution in [0.25, 0.3) is 22.1 Å². The Morgan fingerprint density at radius 3 is 2.97 bits per heavy atom. The second-order valence-corrected chi connectivity index (χ2v) is 7.83. The summed E-state index contributed by atoms with van der Waals surface area (Å²) >= 11 is 0. The predicted molar refractivity (Wildman–Crippen MR) is 113 cm³/mol. The van der Waals surface area contributed by atoms with Crippen LogP contribution in [0.2, 0.25) is 0 Å². The van der Waals surface area contributed by atoms with Gasteiger partial charge >= 0.3 is 0 Å². The lowest BCUT2D eigenvalue weighted by atomic mass is 10.1. The first kappa shape index (κ1) is 18.8. The number of amides is 1. The van der Waals surface area contributed by atoms with Crippen molar-refractivity contribution in [1.29, 1.82) is 0 Å². The first-order valence-electron chi connectivity index (χ1n) is 10.3. The molecule has 30 heavy (non-hydrogen) atoms. The summed E-state index contributed by atoms with van der Waals surface area (Å²) in [7, 11) is 1.65. The molecule has 0 unspecified atom stereocenters. The molecule has 0 saturated carbocycles. The van der Waals surface area contributed by atoms with E-state index in [2.05, 4.69) is 29.0 Å². The summed E-state index contributed by atoms with van der Waals surface area (Å²) in [6.07, 6.45) is 2.46. The van der Waals surface area contributed by atoms with E-state index in [-0.39, 0.29) is 11.9 Å². The number of oxazole rings is 1. The molecule has 3 heterocycles. The van der Waals surface area contributed by atoms with Crippen molar-refractivity contribution in [3.63, 3.8) is 0 Å². The zero-order chi connectivity index (χ0) is 20.7. The number of ether oxygens (including phenoxy) is 1. The number of hydrogen-bond acceptors (Lipinski definition) is 5. The van der Waals surface area contributed by atoms with Gasteiger partial charge in [-0.1, -0.05) is 6.07 Å². The highest BCUT2D eigenvalue weighted by Crippen LogP contribution is 2.33. The van der Waals surface area contributed by atoms with Crippen LogP contribution in [0, 0.1) is 6.92 Å². The lowest BCUT2D eigenvalue weighted by Crippen LogP contribution is -2.31. The summed E-state index contributed by atoms with van der Waals surface area (Å²) in [6, 6.07) is 11.6. The number of imidazole rings is 1. The number of benzene rings is 2. The van der Waals surface area contributed by atoms with Gasteiger partial charge in [-0.15, -0.1) is 0 Å². The second-order valence-electron chi connectivity index (χ2n) is 7.83. The molecule has 1 aliphatic heterocycles. The number of aromatic nitrogens is 3. The molecule has 5 rings (SSSR count). The van der Waals surface area contributed by atoms with E-state index in [1.165, 1.54) is 5.56 Å². The highest BCUT2D eigenvalue weighted by atomic mass is 16.5. The summed E-state index contributed by atoms with van der Waals surface area (Å²) in [6.45, 7) is 3.32. The smallest absolute Gasteiger partial charge is 0.254 e. The zero-order valence-electron chi connectivity index (χ0n) is 17.1. The van der Waals surface area contributed by atoms with Gasteiger partial charge < -0.3 is 19.0 Å². The van der Waals surface area contributed by atoms with Crippen LogP contribution in [-0.4, -0.2) is 46.0 Å². The molecule has 4 aromatic rings. The van der Waals surface area contributed by atoms with E-state index in [4.69, 9.17) is 14.1 Å². The van der Waals surface area contributed by atoms with Crippen molar-refractivity contribution < 1.29 is 13.9 Å². The zero-order valence-corrected chi connectivity index (χ0v) is 17.1. The lowest BCUT2D eigenvalue weighted by molar-refractivity contribution is 0.0730. The van der Waals surface area contributed by atoms with Gasteiger partial charge in [0.2, 0.25) is 0 Å². The minimum atomic E-state index is -0.0482. The molecule has 2 aromatic carbocycles. The summed E-state index contributed by atoms with van der Waals surface area (Å²) in [5.41, 5.74) is 5.11. The van der Waals surface area contributed by atoms with Crippen LogP contribution < -0.4 is 0 Å². The van der Waals surface area contributed by atoms with Gasteiger partial charge in [0.25, 0.3) is 5.91 Å². The highest BCUT2D eigenvalue weighted by Gasteiger charge is 2.33. The van der Waals surface area contributed by atoms with Crippen LogP contribution >= 0.6 is 0 Å². The first-order valence-corrected chi connectivity index (χ1v) is 10.3. The van der Waals surface area contributed by atoms with Gasteiger partial charge in [-0.2, -0.15) is 0 Å². The number of H-pyrrole nitrogens is 1. The third-order valence-electron chi connectivity index (χ3n) is 5.68. The molecule has 1 fully saturated rings. The fraction of sp³-hybridized carbons (Fsp3) is 0.348. The van der Waals surface area contributed by atoms with Crippen LogP contribution in [0.3, 0.4) is 0 Å². The number of rotatable bonds is 5. The third-order valence-corrected chi connectivity index (χ3v) is 5.68. The molecular formula is C23H24N4O3. The maximum atomic E-state index is 13.3. The summed E-state index contributed by atoms with van der Waals surface area (Å²) in [5, 5.41) is 0. The molecule has 1 atom stereocenters. The molecule has 1 saturated heterocycles. The minimum Gasteiger partial charge on any atom is -0.441 e. The van der Waals surface area contributed by atoms with Crippen molar-refractivity contribution in [3.05, 3.63) is 59.2 Å². The van der Waals surface area contributed by atoms with Crippen molar-refractivity contribution in [2.45, 2.75) is 32.2 Å². The van der Waals surface area contributed by atoms with Crippen molar-refractivity contribution in [3.8, 4) is 0 Å². The normalized spacial score (nSPS) is 16.7. The predicted octanol–water partition coefficient (Wildman–Crippen LogP) is 4.18. The average Bonchev–Trinajstić information content (AvgIpc) is 3.47. The summed E-state index contributed by atoms with van der Waals surface area (Å²) in [5.74, 6) is 1.46. The van der Waals surface area contributed by atoms with E-state index in [0.717, 1.165) is 35.2 Å². The Morgan fingerprint density at radius 2 is 2.10 bits per heavy atom. The topological polar surface area (TPSA) is 84.2 Å². The standard InChI is InChI=1S/C23H24N4O3/c1-14-5-7-16-18(12-14)26-22(25-16)19-4-3-10-27(19)23(28)15-6-8-17-20(13-15)30-21(24-17)9-11-29-2/h5-8,12-13,19H,3-4,9-11H2,1-2H3,(H,25,26)/t19-/m1/s1. The number of aryl methyl sites for hydroxylation is 1. The summed E-state index contributed by atoms with van der Waals surface area (Å²) in [4.78, 5) is 27.9. The van der Waals surface area contributed by atoms with Gasteiger partial charge in [0.1, 0.15) is 11.3 Å². The molecule has 0 bridgehead atoms. The minimum absolute atomic E-state index is 0.00845. The number of methoxy groups -OCH3 is 1. The Morgan fingerprint density at radius 1 is 1.23 bits per heavy atom. The monoisotopic (exact) mass is 404 g/mol. The number of carbonyl (C=O) groups is 1. The molecule has 7 heteroatoms. The van der Waals surface area contributed by atoms with E-state index in [1.54, 1.807) is 13.2 Å². The molecule has 7 nitrogen and oxygen atoms in total. The van der Waals surface area contributed by atoms with Crippen molar-refractivity contribution >= 4 is 28.0 Å². The van der Waals surface area contributed by atoms with Gasteiger partial charge in [-0.3, -0.25) is 4.79 Å². The number of likely N-dealkylation sites (tertiary alicyclic amines) is 1. The molecule has 1 N–H and O–H groups in total. The number of fused-ring (bicyclic) bond motifs is 2. The van der Waals surface area contributed by atoms with Gasteiger partial charge in [0, 0.05) is 25.6 Å². The average molecular weight is 404 g/mol. The van der Waals surface area contributed by atoms with Crippen LogP contribution in [0.1, 0.15) is 46.5 Å². The number of aromatic amines is 1. The van der Waals surface area contributed by atoms with E-state index >= 15 is 0 Å². The lowest BCUT2D eigenvalue weighted by Gasteiger charge is -2.23. The number of carbonyl (C=O) groups excluding carboxylic acids is 1. The van der Waals surface area contributed by atoms with Gasteiger partial charge in [-0.05, 0) is 55.7 Å². The van der Waals surface area contributed by atoms with Crippen LogP contribution in [0.4, 0.5) is 0 Å². The largest absolute Gasteiger partial charge is 0.441 e. The SMILES string of the molecule is COCCc1nc2ccc(C(=O)N3CCC[C@@H]3c3nc4ccc(C)cc4[nH]3)cc2o1. The fourth-order valence-electron chi connectivity index (χ4n) is 4.16. The quantitative estimate of drug-likeness (QED) is 0.539. The van der Waals surface area contributed by atoms with Crippen molar-refractivity contribution in [2.75, 3.05) is 20.3 Å². The molecule has 2 aromatic heterocycles. The van der Waals surface area contributed by atoms with Crippen LogP contribution in [0.5, 0.6) is 0 Å². The van der Waals surface area contributed by atoms with Crippen molar-refractivity contribution in [2.24, 2.45) is 0 Å². The third kappa shape index (κ3) is 3.35. The molecule has 1 amide bonds. The molecule has 1 aliphatic rings. The highest BCUT2D eigenvalue weighted by molar-refractivity contribution is 5.97. The Labute approximate surface area is 174 Å². The van der Waals surface area contributed by atoms with Crippen LogP contribution in [0.15, 0.2) is 40.8 Å². The van der Waals surface area contributed by atoms with Gasteiger partial charge in [0.15, 0.2) is 11.5 Å². The molecular weight excluding hydrogens is 380 g/mol. The second kappa shape index (κ2) is 7.57. The summed E-state index contributed by atoms with van der Waals surface area (Å²) < 4.78 is 10.9. The Kier molecular flexibility index (Phi) is 4.75. The number of hydrogen-bond donors (Lipinski definition) is 1. The van der Waals surface area contributed by atoms with E-state index < -0.39 is 0 Å². The molecule has 154 valence electrons. The van der Waals surface area contributed by atoms with Gasteiger partial charge in [0.05, 0.1) is 23.7 Å². The Balaban J connectivity index is 1.42. The maximum Gasteiger partial charge on any atom is 0.254 e. The van der Waals surface area contributed by atoms with Crippen molar-refractivity contribution in [1.82, 2.24) is 19.9 Å². The van der Waals surface area contributed by atoms with E-state index in [0.29, 0.717) is 36.6 Å². The fourth-order valence-corrected chi connectivity index (χ4v) is 4.16. The Bertz CT molecular complexity index is 1230. The first-order chi connectivity index (χ1) is 14.6. The van der Waals surface area contributed by atoms with E-state index in [9.17, 15) is 4.79 Å². The van der Waals surface area contributed by atoms with E-state index in [1.807, 2.05) is 23.1 Å². The number of nitrogens with zero attached hydrogens (tertiary/aromatic N) is 3.